The molecule has 0 radical (unpaired) electrons. The number of carbonyl (C=O) groups is 2. The van der Waals surface area contributed by atoms with Gasteiger partial charge in [0.15, 0.2) is 6.04 Å². The quantitative estimate of drug-likeness (QED) is 0.674. The molecule has 0 saturated heterocycles. The lowest BCUT2D eigenvalue weighted by Crippen LogP contribution is -2.37. The van der Waals surface area contributed by atoms with E-state index in [9.17, 15) is 14.7 Å². The molecule has 0 bridgehead atoms. The van der Waals surface area contributed by atoms with Gasteiger partial charge in [0.2, 0.25) is 0 Å². The number of ether oxygens (including phenoxy) is 1. The van der Waals surface area contributed by atoms with Gasteiger partial charge in [-0.25, -0.2) is 14.6 Å². The summed E-state index contributed by atoms with van der Waals surface area (Å²) in [5, 5.41) is 12.0. The summed E-state index contributed by atoms with van der Waals surface area (Å²) >= 11 is 1.34. The van der Waals surface area contributed by atoms with Gasteiger partial charge in [-0.2, -0.15) is 0 Å². The lowest BCUT2D eigenvalue weighted by Gasteiger charge is -2.24. The Kier molecular flexibility index (Phi) is 5.07. The van der Waals surface area contributed by atoms with Crippen LogP contribution in [0.1, 0.15) is 33.8 Å². The molecule has 1 unspecified atom stereocenters. The van der Waals surface area contributed by atoms with Gasteiger partial charge in [-0.05, 0) is 29.2 Å². The lowest BCUT2D eigenvalue weighted by molar-refractivity contribution is -0.142. The molecule has 1 aliphatic carbocycles. The maximum absolute atomic E-state index is 12.7. The summed E-state index contributed by atoms with van der Waals surface area (Å²) in [6.45, 7) is 1.93. The van der Waals surface area contributed by atoms with E-state index in [2.05, 4.69) is 17.1 Å². The number of benzene rings is 2. The first-order valence-corrected chi connectivity index (χ1v) is 10.1. The molecule has 2 aromatic carbocycles. The molecule has 1 aromatic heterocycles. The summed E-state index contributed by atoms with van der Waals surface area (Å²) < 4.78 is 5.56. The summed E-state index contributed by atoms with van der Waals surface area (Å²) in [6, 6.07) is 14.9. The van der Waals surface area contributed by atoms with Crippen LogP contribution in [0, 0.1) is 6.92 Å². The van der Waals surface area contributed by atoms with Crippen LogP contribution in [-0.2, 0) is 9.53 Å². The van der Waals surface area contributed by atoms with Crippen LogP contribution in [0.3, 0.4) is 0 Å². The average Bonchev–Trinajstić information content (AvgIpc) is 3.27. The summed E-state index contributed by atoms with van der Waals surface area (Å²) in [4.78, 5) is 29.7. The molecule has 1 amide bonds. The zero-order chi connectivity index (χ0) is 20.5. The highest BCUT2D eigenvalue weighted by Gasteiger charge is 2.33. The predicted octanol–water partition coefficient (Wildman–Crippen LogP) is 4.46. The van der Waals surface area contributed by atoms with Crippen LogP contribution in [0.15, 0.2) is 53.9 Å². The molecule has 0 aliphatic heterocycles. The van der Waals surface area contributed by atoms with Crippen molar-refractivity contribution in [2.45, 2.75) is 18.9 Å². The highest BCUT2D eigenvalue weighted by Crippen LogP contribution is 2.44. The maximum Gasteiger partial charge on any atom is 0.410 e. The normalized spacial score (nSPS) is 13.4. The molecule has 7 heteroatoms. The van der Waals surface area contributed by atoms with Gasteiger partial charge in [0, 0.05) is 18.3 Å². The van der Waals surface area contributed by atoms with E-state index < -0.39 is 18.1 Å². The highest BCUT2D eigenvalue weighted by atomic mass is 32.1. The number of likely N-dealkylation sites (N-methyl/N-ethyl adjacent to an activating group) is 1. The number of aryl methyl sites for hydroxylation is 1. The Morgan fingerprint density at radius 2 is 1.72 bits per heavy atom. The number of hydrogen-bond donors (Lipinski definition) is 1. The van der Waals surface area contributed by atoms with Gasteiger partial charge in [0.1, 0.15) is 6.61 Å². The smallest absolute Gasteiger partial charge is 0.410 e. The van der Waals surface area contributed by atoms with Crippen LogP contribution >= 0.6 is 11.3 Å². The number of rotatable bonds is 5. The van der Waals surface area contributed by atoms with Gasteiger partial charge in [-0.3, -0.25) is 4.90 Å². The second-order valence-corrected chi connectivity index (χ2v) is 8.01. The van der Waals surface area contributed by atoms with Crippen molar-refractivity contribution in [2.75, 3.05) is 13.7 Å². The fourth-order valence-corrected chi connectivity index (χ4v) is 4.43. The number of hydrogen-bond acceptors (Lipinski definition) is 5. The van der Waals surface area contributed by atoms with Crippen LogP contribution in [0.4, 0.5) is 4.79 Å². The van der Waals surface area contributed by atoms with Crippen molar-refractivity contribution in [3.8, 4) is 11.1 Å². The standard InChI is InChI=1S/C22H20N2O4S/c1-13-23-19(12-29-13)20(21(25)26)24(2)22(27)28-11-18-16-9-5-3-7-14(16)15-8-4-6-10-17(15)18/h3-10,12,18,20H,11H2,1-2H3,(H,25,26). The summed E-state index contributed by atoms with van der Waals surface area (Å²) in [5.41, 5.74) is 4.82. The number of fused-ring (bicyclic) bond motifs is 3. The fraction of sp³-hybridized carbons (Fsp3) is 0.227. The molecule has 148 valence electrons. The number of thiazole rings is 1. The Labute approximate surface area is 172 Å². The molecule has 1 N–H and O–H groups in total. The van der Waals surface area contributed by atoms with E-state index >= 15 is 0 Å². The van der Waals surface area contributed by atoms with Gasteiger partial charge in [-0.15, -0.1) is 11.3 Å². The van der Waals surface area contributed by atoms with Gasteiger partial charge in [0.25, 0.3) is 0 Å². The Hall–Kier alpha value is -3.19. The topological polar surface area (TPSA) is 79.7 Å². The fourth-order valence-electron chi connectivity index (χ4n) is 3.80. The van der Waals surface area contributed by atoms with E-state index in [1.807, 2.05) is 36.4 Å². The lowest BCUT2D eigenvalue weighted by atomic mass is 9.98. The van der Waals surface area contributed by atoms with Gasteiger partial charge >= 0.3 is 12.1 Å². The minimum Gasteiger partial charge on any atom is -0.479 e. The van der Waals surface area contributed by atoms with Gasteiger partial charge in [0.05, 0.1) is 10.7 Å². The van der Waals surface area contributed by atoms with Crippen molar-refractivity contribution in [3.63, 3.8) is 0 Å². The van der Waals surface area contributed by atoms with Crippen molar-refractivity contribution in [3.05, 3.63) is 75.7 Å². The third-order valence-corrected chi connectivity index (χ3v) is 5.95. The van der Waals surface area contributed by atoms with E-state index in [1.54, 1.807) is 12.3 Å². The zero-order valence-corrected chi connectivity index (χ0v) is 16.8. The molecule has 1 heterocycles. The second kappa shape index (κ2) is 7.67. The van der Waals surface area contributed by atoms with Crippen molar-refractivity contribution in [2.24, 2.45) is 0 Å². The summed E-state index contributed by atoms with van der Waals surface area (Å²) in [6.07, 6.45) is -0.690. The summed E-state index contributed by atoms with van der Waals surface area (Å²) in [7, 11) is 1.42. The van der Waals surface area contributed by atoms with Crippen molar-refractivity contribution in [1.29, 1.82) is 0 Å². The number of aromatic nitrogens is 1. The Morgan fingerprint density at radius 1 is 1.14 bits per heavy atom. The zero-order valence-electron chi connectivity index (χ0n) is 16.0. The number of carboxylic acids is 1. The number of amides is 1. The van der Waals surface area contributed by atoms with Crippen molar-refractivity contribution >= 4 is 23.4 Å². The number of nitrogens with zero attached hydrogens (tertiary/aromatic N) is 2. The van der Waals surface area contributed by atoms with E-state index in [4.69, 9.17) is 4.74 Å². The third kappa shape index (κ3) is 3.49. The van der Waals surface area contributed by atoms with E-state index in [0.717, 1.165) is 32.2 Å². The Bertz CT molecular complexity index is 1030. The minimum absolute atomic E-state index is 0.0791. The van der Waals surface area contributed by atoms with Crippen LogP contribution in [0.5, 0.6) is 0 Å². The molecule has 3 aromatic rings. The van der Waals surface area contributed by atoms with Gasteiger partial charge in [-0.1, -0.05) is 48.5 Å². The number of carbonyl (C=O) groups excluding carboxylic acids is 1. The Morgan fingerprint density at radius 3 is 2.24 bits per heavy atom. The van der Waals surface area contributed by atoms with Crippen LogP contribution in [0.2, 0.25) is 0 Å². The Balaban J connectivity index is 1.53. The van der Waals surface area contributed by atoms with E-state index in [1.165, 1.54) is 18.4 Å². The van der Waals surface area contributed by atoms with Crippen molar-refractivity contribution in [1.82, 2.24) is 9.88 Å². The largest absolute Gasteiger partial charge is 0.479 e. The molecule has 0 fully saturated rings. The van der Waals surface area contributed by atoms with Crippen LogP contribution in [-0.4, -0.2) is 40.7 Å². The minimum atomic E-state index is -1.18. The maximum atomic E-state index is 12.7. The average molecular weight is 408 g/mol. The highest BCUT2D eigenvalue weighted by molar-refractivity contribution is 7.09. The van der Waals surface area contributed by atoms with E-state index in [0.29, 0.717) is 5.69 Å². The van der Waals surface area contributed by atoms with Crippen molar-refractivity contribution < 1.29 is 19.4 Å². The van der Waals surface area contributed by atoms with Crippen LogP contribution in [0.25, 0.3) is 11.1 Å². The SMILES string of the molecule is Cc1nc(C(C(=O)O)N(C)C(=O)OCC2c3ccccc3-c3ccccc32)cs1. The van der Waals surface area contributed by atoms with Gasteiger partial charge < -0.3 is 9.84 Å². The molecule has 29 heavy (non-hydrogen) atoms. The molecule has 4 rings (SSSR count). The first-order valence-electron chi connectivity index (χ1n) is 9.20. The first-order chi connectivity index (χ1) is 14.0. The molecule has 0 saturated carbocycles. The summed E-state index contributed by atoms with van der Waals surface area (Å²) in [5.74, 6) is -1.23. The van der Waals surface area contributed by atoms with E-state index in [-0.39, 0.29) is 12.5 Å². The number of aliphatic carboxylic acids is 1. The third-order valence-electron chi connectivity index (χ3n) is 5.16. The first kappa shape index (κ1) is 19.1. The second-order valence-electron chi connectivity index (χ2n) is 6.95. The predicted molar refractivity (Wildman–Crippen MR) is 110 cm³/mol. The van der Waals surface area contributed by atoms with Crippen LogP contribution < -0.4 is 0 Å². The molecule has 1 atom stereocenters. The molecule has 6 nitrogen and oxygen atoms in total. The molecular weight excluding hydrogens is 388 g/mol. The monoisotopic (exact) mass is 408 g/mol. The number of carboxylic acid groups (broad SMARTS) is 1. The molecule has 0 spiro atoms. The molecular formula is C22H20N2O4S. The molecule has 1 aliphatic rings.